The highest BCUT2D eigenvalue weighted by atomic mass is 35.5. The maximum Gasteiger partial charge on any atom is 0.141 e. The molecule has 7 nitrogen and oxygen atoms in total. The van der Waals surface area contributed by atoms with Crippen molar-refractivity contribution in [2.75, 3.05) is 18.4 Å². The van der Waals surface area contributed by atoms with E-state index in [4.69, 9.17) is 23.2 Å². The lowest BCUT2D eigenvalue weighted by Crippen LogP contribution is -2.29. The number of nitrogens with one attached hydrogen (secondary N) is 2. The van der Waals surface area contributed by atoms with E-state index in [0.29, 0.717) is 33.7 Å². The van der Waals surface area contributed by atoms with Crippen LogP contribution in [0.25, 0.3) is 10.9 Å². The number of halogens is 4. The monoisotopic (exact) mass is 603 g/mol. The number of piperidine rings is 1. The summed E-state index contributed by atoms with van der Waals surface area (Å²) in [7, 11) is 0. The SMILES string of the molecule is N#Cc1cnc2c(Cl)cc(C[C@@H](c3ccc(F)cc3)c3cn(C4CCNCC4)nn3)cc2c1Nc1ccc(F)c(Cl)c1. The van der Waals surface area contributed by atoms with Crippen molar-refractivity contribution >= 4 is 45.5 Å². The quantitative estimate of drug-likeness (QED) is 0.202. The van der Waals surface area contributed by atoms with Crippen LogP contribution in [0.1, 0.15) is 47.2 Å². The minimum atomic E-state index is -0.545. The molecule has 3 heterocycles. The molecule has 0 aliphatic carbocycles. The second-order valence-corrected chi connectivity index (χ2v) is 11.1. The smallest absolute Gasteiger partial charge is 0.141 e. The third-order valence-electron chi connectivity index (χ3n) is 7.57. The van der Waals surface area contributed by atoms with Crippen LogP contribution in [0.3, 0.4) is 0 Å². The lowest BCUT2D eigenvalue weighted by Gasteiger charge is -2.22. The van der Waals surface area contributed by atoms with E-state index >= 15 is 0 Å². The van der Waals surface area contributed by atoms with E-state index in [9.17, 15) is 14.0 Å². The van der Waals surface area contributed by atoms with E-state index in [1.54, 1.807) is 12.1 Å². The van der Waals surface area contributed by atoms with Crippen molar-refractivity contribution in [1.82, 2.24) is 25.3 Å². The number of rotatable bonds is 7. The molecule has 0 spiro atoms. The van der Waals surface area contributed by atoms with Crippen LogP contribution < -0.4 is 10.6 Å². The second kappa shape index (κ2) is 12.0. The third-order valence-corrected chi connectivity index (χ3v) is 8.15. The van der Waals surface area contributed by atoms with Crippen LogP contribution in [-0.4, -0.2) is 33.1 Å². The Labute approximate surface area is 251 Å². The average molecular weight is 604 g/mol. The lowest BCUT2D eigenvalue weighted by atomic mass is 9.89. The largest absolute Gasteiger partial charge is 0.354 e. The molecule has 0 saturated carbocycles. The highest BCUT2D eigenvalue weighted by molar-refractivity contribution is 6.35. The van der Waals surface area contributed by atoms with E-state index in [-0.39, 0.29) is 28.4 Å². The average Bonchev–Trinajstić information content (AvgIpc) is 3.49. The first-order valence-electron chi connectivity index (χ1n) is 13.5. The predicted octanol–water partition coefficient (Wildman–Crippen LogP) is 7.33. The van der Waals surface area contributed by atoms with Gasteiger partial charge in [0, 0.05) is 29.4 Å². The topological polar surface area (TPSA) is 91.5 Å². The van der Waals surface area contributed by atoms with Crippen molar-refractivity contribution in [3.63, 3.8) is 0 Å². The molecule has 1 aliphatic heterocycles. The number of benzene rings is 3. The number of hydrogen-bond acceptors (Lipinski definition) is 6. The zero-order chi connectivity index (χ0) is 29.2. The summed E-state index contributed by atoms with van der Waals surface area (Å²) in [5, 5.41) is 26.4. The molecule has 1 aliphatic rings. The van der Waals surface area contributed by atoms with Gasteiger partial charge in [-0.25, -0.2) is 13.5 Å². The van der Waals surface area contributed by atoms with Crippen LogP contribution in [-0.2, 0) is 6.42 Å². The Hall–Kier alpha value is -4.10. The van der Waals surface area contributed by atoms with E-state index in [1.807, 2.05) is 23.0 Å². The van der Waals surface area contributed by atoms with Crippen molar-refractivity contribution < 1.29 is 8.78 Å². The molecule has 0 unspecified atom stereocenters. The maximum atomic E-state index is 13.9. The van der Waals surface area contributed by atoms with Crippen LogP contribution in [0, 0.1) is 23.0 Å². The Morgan fingerprint density at radius 1 is 1.05 bits per heavy atom. The number of pyridine rings is 1. The summed E-state index contributed by atoms with van der Waals surface area (Å²) in [6, 6.07) is 16.8. The van der Waals surface area contributed by atoms with Gasteiger partial charge in [-0.1, -0.05) is 40.5 Å². The molecule has 1 fully saturated rings. The molecule has 3 aromatic carbocycles. The summed E-state index contributed by atoms with van der Waals surface area (Å²) in [4.78, 5) is 4.43. The van der Waals surface area contributed by atoms with Gasteiger partial charge in [0.15, 0.2) is 0 Å². The molecule has 2 N–H and O–H groups in total. The summed E-state index contributed by atoms with van der Waals surface area (Å²) in [5.74, 6) is -1.11. The number of nitrogens with zero attached hydrogens (tertiary/aromatic N) is 5. The standard InChI is InChI=1S/C31H25Cl2F2N7/c32-26-14-22(5-6-28(26)35)39-30-20(15-36)16-38-31-25(30)12-18(13-27(31)33)11-24(19-1-3-21(34)4-2-19)29-17-42(41-40-29)23-7-9-37-10-8-23/h1-6,12-14,16-17,23-24,37H,7-11H2,(H,38,39)/t24-/m0/s1. The second-order valence-electron chi connectivity index (χ2n) is 10.3. The van der Waals surface area contributed by atoms with E-state index in [2.05, 4.69) is 32.0 Å². The van der Waals surface area contributed by atoms with Gasteiger partial charge in [0.25, 0.3) is 0 Å². The first-order chi connectivity index (χ1) is 20.4. The highest BCUT2D eigenvalue weighted by Gasteiger charge is 2.23. The summed E-state index contributed by atoms with van der Waals surface area (Å²) in [5.41, 5.74) is 4.28. The molecule has 0 bridgehead atoms. The van der Waals surface area contributed by atoms with Gasteiger partial charge >= 0.3 is 0 Å². The zero-order valence-corrected chi connectivity index (χ0v) is 23.8. The highest BCUT2D eigenvalue weighted by Crippen LogP contribution is 2.36. The number of hydrogen-bond donors (Lipinski definition) is 2. The van der Waals surface area contributed by atoms with Crippen LogP contribution in [0.15, 0.2) is 67.0 Å². The lowest BCUT2D eigenvalue weighted by molar-refractivity contribution is 0.337. The molecular weight excluding hydrogens is 579 g/mol. The molecule has 6 rings (SSSR count). The number of nitriles is 1. The molecule has 1 saturated heterocycles. The van der Waals surface area contributed by atoms with Gasteiger partial charge in [0.1, 0.15) is 17.7 Å². The van der Waals surface area contributed by atoms with E-state index in [0.717, 1.165) is 42.8 Å². The Morgan fingerprint density at radius 3 is 2.57 bits per heavy atom. The molecule has 0 radical (unpaired) electrons. The van der Waals surface area contributed by atoms with Crippen molar-refractivity contribution in [2.45, 2.75) is 31.2 Å². The molecular formula is C31H25Cl2F2N7. The minimum absolute atomic E-state index is 0.0460. The van der Waals surface area contributed by atoms with Gasteiger partial charge in [-0.05, 0) is 85.9 Å². The van der Waals surface area contributed by atoms with Crippen molar-refractivity contribution in [3.05, 3.63) is 111 Å². The van der Waals surface area contributed by atoms with Crippen molar-refractivity contribution in [1.29, 1.82) is 5.26 Å². The third kappa shape index (κ3) is 5.79. The molecule has 42 heavy (non-hydrogen) atoms. The number of anilines is 2. The fourth-order valence-electron chi connectivity index (χ4n) is 5.39. The molecule has 0 amide bonds. The van der Waals surface area contributed by atoms with Gasteiger partial charge < -0.3 is 10.6 Å². The molecule has 1 atom stereocenters. The van der Waals surface area contributed by atoms with Crippen molar-refractivity contribution in [3.8, 4) is 6.07 Å². The first-order valence-corrected chi connectivity index (χ1v) is 14.3. The summed E-state index contributed by atoms with van der Waals surface area (Å²) >= 11 is 12.8. The van der Waals surface area contributed by atoms with E-state index < -0.39 is 5.82 Å². The van der Waals surface area contributed by atoms with Gasteiger partial charge in [0.05, 0.1) is 38.5 Å². The molecule has 5 aromatic rings. The summed E-state index contributed by atoms with van der Waals surface area (Å²) in [6.45, 7) is 1.85. The van der Waals surface area contributed by atoms with E-state index in [1.165, 1.54) is 36.5 Å². The fraction of sp³-hybridized carbons (Fsp3) is 0.226. The van der Waals surface area contributed by atoms with Gasteiger partial charge in [0.2, 0.25) is 0 Å². The normalized spacial score (nSPS) is 14.5. The molecule has 11 heteroatoms. The Bertz CT molecular complexity index is 1790. The van der Waals surface area contributed by atoms with Crippen LogP contribution in [0.5, 0.6) is 0 Å². The van der Waals surface area contributed by atoms with Crippen molar-refractivity contribution in [2.24, 2.45) is 0 Å². The van der Waals surface area contributed by atoms with Crippen LogP contribution >= 0.6 is 23.2 Å². The number of aromatic nitrogens is 4. The first kappa shape index (κ1) is 28.0. The minimum Gasteiger partial charge on any atom is -0.354 e. The number of fused-ring (bicyclic) bond motifs is 1. The van der Waals surface area contributed by atoms with Crippen LogP contribution in [0.4, 0.5) is 20.2 Å². The van der Waals surface area contributed by atoms with Crippen LogP contribution in [0.2, 0.25) is 10.0 Å². The zero-order valence-electron chi connectivity index (χ0n) is 22.3. The maximum absolute atomic E-state index is 13.9. The van der Waals surface area contributed by atoms with Gasteiger partial charge in [-0.3, -0.25) is 4.98 Å². The Balaban J connectivity index is 1.41. The molecule has 2 aromatic heterocycles. The Kier molecular flexibility index (Phi) is 8.02. The molecule has 212 valence electrons. The summed E-state index contributed by atoms with van der Waals surface area (Å²) in [6.07, 6.45) is 5.83. The summed E-state index contributed by atoms with van der Waals surface area (Å²) < 4.78 is 29.6. The van der Waals surface area contributed by atoms with Gasteiger partial charge in [-0.15, -0.1) is 5.10 Å². The van der Waals surface area contributed by atoms with Gasteiger partial charge in [-0.2, -0.15) is 5.26 Å². The Morgan fingerprint density at radius 2 is 1.83 bits per heavy atom. The predicted molar refractivity (Wildman–Crippen MR) is 159 cm³/mol. The fourth-order valence-corrected chi connectivity index (χ4v) is 5.87.